The van der Waals surface area contributed by atoms with Crippen molar-refractivity contribution in [3.63, 3.8) is 0 Å². The van der Waals surface area contributed by atoms with Crippen LogP contribution in [0.15, 0.2) is 4.99 Å². The Hall–Kier alpha value is -1.70. The average molecular weight is 498 g/mol. The van der Waals surface area contributed by atoms with Gasteiger partial charge < -0.3 is 66.5 Å². The molecule has 2 aliphatic heterocycles. The Bertz CT molecular complexity index is 696. The van der Waals surface area contributed by atoms with Gasteiger partial charge in [0.25, 0.3) is 0 Å². The minimum absolute atomic E-state index is 0.0751. The Morgan fingerprint density at radius 3 is 2.44 bits per heavy atom. The second-order valence-electron chi connectivity index (χ2n) is 8.19. The minimum atomic E-state index is -2.41. The normalized spacial score (nSPS) is 39.4. The molecule has 0 radical (unpaired) electrons. The Balaban J connectivity index is 2.03. The molecule has 16 nitrogen and oxygen atoms in total. The van der Waals surface area contributed by atoms with Crippen LogP contribution in [0, 0.1) is 0 Å². The standard InChI is InChI=1S/C18H34N4O12/c19-17(20)21-3-1-2-7(15(29)30)22-6-18(31)14(28)13(8(24)5-32-18)34-16-12(27)11(26)10(25)9(4-23)33-16/h7-14,16,22-28,31H,1-6H2,(H,29,30)(H4,19,20,21)/t7-,8-,9-,10-,11+,12-,13-,14+,16+,18-/m1/s1. The minimum Gasteiger partial charge on any atom is -0.480 e. The molecule has 2 fully saturated rings. The summed E-state index contributed by atoms with van der Waals surface area (Å²) in [7, 11) is 0. The third-order valence-electron chi connectivity index (χ3n) is 5.64. The number of aliphatic hydroxyl groups excluding tert-OH is 6. The smallest absolute Gasteiger partial charge is 0.320 e. The maximum absolute atomic E-state index is 11.5. The molecule has 13 N–H and O–H groups in total. The Morgan fingerprint density at radius 2 is 1.85 bits per heavy atom. The summed E-state index contributed by atoms with van der Waals surface area (Å²) in [6, 6.07) is -1.16. The van der Waals surface area contributed by atoms with Crippen LogP contribution >= 0.6 is 0 Å². The lowest BCUT2D eigenvalue weighted by Crippen LogP contribution is -2.68. The molecule has 0 saturated carbocycles. The number of hydrogen-bond acceptors (Lipinski definition) is 13. The lowest BCUT2D eigenvalue weighted by atomic mass is 9.95. The fourth-order valence-electron chi connectivity index (χ4n) is 3.62. The molecule has 10 atom stereocenters. The van der Waals surface area contributed by atoms with Crippen molar-refractivity contribution >= 4 is 11.9 Å². The van der Waals surface area contributed by atoms with Gasteiger partial charge in [0, 0.05) is 6.54 Å². The predicted octanol–water partition coefficient (Wildman–Crippen LogP) is -6.29. The summed E-state index contributed by atoms with van der Waals surface area (Å²) >= 11 is 0. The second kappa shape index (κ2) is 12.3. The van der Waals surface area contributed by atoms with Gasteiger partial charge in [0.05, 0.1) is 19.8 Å². The number of nitrogens with one attached hydrogen (secondary N) is 1. The maximum Gasteiger partial charge on any atom is 0.320 e. The molecule has 0 aromatic carbocycles. The highest BCUT2D eigenvalue weighted by Gasteiger charge is 2.53. The number of aliphatic carboxylic acids is 1. The van der Waals surface area contributed by atoms with E-state index in [0.717, 1.165) is 0 Å². The van der Waals surface area contributed by atoms with Crippen LogP contribution in [0.25, 0.3) is 0 Å². The number of carboxylic acid groups (broad SMARTS) is 1. The quantitative estimate of drug-likeness (QED) is 0.0717. The van der Waals surface area contributed by atoms with Crippen LogP contribution in [0.4, 0.5) is 0 Å². The molecule has 2 rings (SSSR count). The molecule has 0 amide bonds. The first-order valence-corrected chi connectivity index (χ1v) is 10.6. The van der Waals surface area contributed by atoms with Crippen molar-refractivity contribution in [2.24, 2.45) is 16.5 Å². The van der Waals surface area contributed by atoms with Gasteiger partial charge in [-0.2, -0.15) is 0 Å². The van der Waals surface area contributed by atoms with Crippen molar-refractivity contribution in [1.29, 1.82) is 0 Å². The number of carboxylic acids is 1. The molecule has 2 aliphatic rings. The molecule has 0 bridgehead atoms. The van der Waals surface area contributed by atoms with Gasteiger partial charge >= 0.3 is 5.97 Å². The molecule has 0 aromatic rings. The summed E-state index contributed by atoms with van der Waals surface area (Å²) in [6.45, 7) is -1.68. The number of nitrogens with zero attached hydrogens (tertiary/aromatic N) is 1. The van der Waals surface area contributed by atoms with Crippen molar-refractivity contribution in [3.8, 4) is 0 Å². The van der Waals surface area contributed by atoms with E-state index in [4.69, 9.17) is 25.7 Å². The van der Waals surface area contributed by atoms with Gasteiger partial charge in [-0.25, -0.2) is 0 Å². The van der Waals surface area contributed by atoms with E-state index in [-0.39, 0.29) is 18.9 Å². The predicted molar refractivity (Wildman–Crippen MR) is 111 cm³/mol. The SMILES string of the molecule is NC(N)=NCCC[C@@H](NC[C@@]1(O)OC[C@@H](O)[C@@H](O[C@@H]2O[C@H](CO)[C@@H](O)[C@H](O)[C@H]2O)[C@@H]1O)C(=O)O. The largest absolute Gasteiger partial charge is 0.480 e. The van der Waals surface area contributed by atoms with Gasteiger partial charge in [-0.1, -0.05) is 0 Å². The highest BCUT2D eigenvalue weighted by atomic mass is 16.7. The van der Waals surface area contributed by atoms with Gasteiger partial charge in [0.2, 0.25) is 5.79 Å². The van der Waals surface area contributed by atoms with Crippen molar-refractivity contribution in [2.45, 2.75) is 73.7 Å². The van der Waals surface area contributed by atoms with Crippen LogP contribution in [0.1, 0.15) is 12.8 Å². The van der Waals surface area contributed by atoms with Crippen molar-refractivity contribution in [3.05, 3.63) is 0 Å². The van der Waals surface area contributed by atoms with E-state index in [1.807, 2.05) is 0 Å². The Labute approximate surface area is 194 Å². The number of aliphatic hydroxyl groups is 7. The number of rotatable bonds is 11. The van der Waals surface area contributed by atoms with E-state index in [1.165, 1.54) is 0 Å². The van der Waals surface area contributed by atoms with E-state index in [2.05, 4.69) is 10.3 Å². The zero-order valence-corrected chi connectivity index (χ0v) is 18.3. The monoisotopic (exact) mass is 498 g/mol. The van der Waals surface area contributed by atoms with Gasteiger partial charge in [-0.05, 0) is 12.8 Å². The number of aliphatic imine (C=N–C) groups is 1. The molecule has 16 heteroatoms. The highest BCUT2D eigenvalue weighted by molar-refractivity contribution is 5.75. The van der Waals surface area contributed by atoms with Crippen LogP contribution in [0.2, 0.25) is 0 Å². The first-order valence-electron chi connectivity index (χ1n) is 10.6. The number of nitrogens with two attached hydrogens (primary N) is 2. The molecule has 0 aromatic heterocycles. The van der Waals surface area contributed by atoms with E-state index in [0.29, 0.717) is 6.42 Å². The maximum atomic E-state index is 11.5. The lowest BCUT2D eigenvalue weighted by Gasteiger charge is -2.47. The van der Waals surface area contributed by atoms with E-state index in [1.54, 1.807) is 0 Å². The second-order valence-corrected chi connectivity index (χ2v) is 8.19. The van der Waals surface area contributed by atoms with Crippen molar-refractivity contribution < 1.29 is 59.9 Å². The Kier molecular flexibility index (Phi) is 10.3. The van der Waals surface area contributed by atoms with Crippen LogP contribution in [0.5, 0.6) is 0 Å². The molecule has 34 heavy (non-hydrogen) atoms. The number of carbonyl (C=O) groups is 1. The van der Waals surface area contributed by atoms with Crippen LogP contribution in [0.3, 0.4) is 0 Å². The number of guanidine groups is 1. The first-order chi connectivity index (χ1) is 15.9. The summed E-state index contributed by atoms with van der Waals surface area (Å²) in [6.07, 6.45) is -12.9. The molecule has 0 unspecified atom stereocenters. The summed E-state index contributed by atoms with van der Waals surface area (Å²) in [5, 5.41) is 82.7. The van der Waals surface area contributed by atoms with Crippen LogP contribution < -0.4 is 16.8 Å². The highest BCUT2D eigenvalue weighted by Crippen LogP contribution is 2.30. The summed E-state index contributed by atoms with van der Waals surface area (Å²) < 4.78 is 15.7. The van der Waals surface area contributed by atoms with Crippen LogP contribution in [-0.4, -0.2) is 140 Å². The molecule has 198 valence electrons. The molecule has 0 aliphatic carbocycles. The van der Waals surface area contributed by atoms with Gasteiger partial charge in [0.15, 0.2) is 12.2 Å². The average Bonchev–Trinajstić information content (AvgIpc) is 2.78. The van der Waals surface area contributed by atoms with E-state index < -0.39 is 86.6 Å². The van der Waals surface area contributed by atoms with Crippen molar-refractivity contribution in [2.75, 3.05) is 26.3 Å². The molecule has 2 heterocycles. The summed E-state index contributed by atoms with van der Waals surface area (Å²) in [5.41, 5.74) is 10.4. The fraction of sp³-hybridized carbons (Fsp3) is 0.889. The molecular weight excluding hydrogens is 464 g/mol. The van der Waals surface area contributed by atoms with Gasteiger partial charge in [0.1, 0.15) is 48.8 Å². The summed E-state index contributed by atoms with van der Waals surface area (Å²) in [4.78, 5) is 15.3. The molecule has 2 saturated heterocycles. The number of ether oxygens (including phenoxy) is 3. The molecular formula is C18H34N4O12. The topological polar surface area (TPSA) is 283 Å². The van der Waals surface area contributed by atoms with Gasteiger partial charge in [-0.3, -0.25) is 15.1 Å². The summed E-state index contributed by atoms with van der Waals surface area (Å²) in [5.74, 6) is -3.80. The lowest BCUT2D eigenvalue weighted by molar-refractivity contribution is -0.367. The zero-order valence-electron chi connectivity index (χ0n) is 18.3. The first kappa shape index (κ1) is 28.5. The fourth-order valence-corrected chi connectivity index (χ4v) is 3.62. The van der Waals surface area contributed by atoms with E-state index >= 15 is 0 Å². The number of hydrogen-bond donors (Lipinski definition) is 11. The van der Waals surface area contributed by atoms with Gasteiger partial charge in [-0.15, -0.1) is 0 Å². The third-order valence-corrected chi connectivity index (χ3v) is 5.64. The zero-order chi connectivity index (χ0) is 25.6. The van der Waals surface area contributed by atoms with E-state index in [9.17, 15) is 45.6 Å². The van der Waals surface area contributed by atoms with Crippen molar-refractivity contribution in [1.82, 2.24) is 5.32 Å². The third kappa shape index (κ3) is 6.92. The molecule has 0 spiro atoms. The van der Waals surface area contributed by atoms with Crippen LogP contribution in [-0.2, 0) is 19.0 Å². The Morgan fingerprint density at radius 1 is 1.18 bits per heavy atom.